The molecule has 0 aromatic heterocycles. The largest absolute Gasteiger partial charge is 0.338 e. The lowest BCUT2D eigenvalue weighted by Crippen LogP contribution is -2.33. The first-order chi connectivity index (χ1) is 9.10. The van der Waals surface area contributed by atoms with E-state index in [1.807, 2.05) is 0 Å². The Kier molecular flexibility index (Phi) is 6.49. The number of hydrogen-bond acceptors (Lipinski definition) is 3. The lowest BCUT2D eigenvalue weighted by Gasteiger charge is -2.21. The smallest absolute Gasteiger partial charge is 0.270 e. The number of hydrogen-bond donors (Lipinski definition) is 0. The molecule has 0 unspecified atom stereocenters. The standard InChI is InChI=1S/C13H17BrN2O3/c1-2-3-8-15(9-7-14)13(17)11-5-4-6-12(10-11)16(18)19/h4-6,10H,2-3,7-9H2,1H3. The van der Waals surface area contributed by atoms with Gasteiger partial charge in [0.05, 0.1) is 4.92 Å². The summed E-state index contributed by atoms with van der Waals surface area (Å²) in [6, 6.07) is 5.87. The summed E-state index contributed by atoms with van der Waals surface area (Å²) in [6.45, 7) is 3.33. The van der Waals surface area contributed by atoms with Gasteiger partial charge in [-0.15, -0.1) is 0 Å². The molecule has 0 aliphatic heterocycles. The van der Waals surface area contributed by atoms with E-state index < -0.39 is 4.92 Å². The lowest BCUT2D eigenvalue weighted by atomic mass is 10.1. The molecule has 0 fully saturated rings. The van der Waals surface area contributed by atoms with E-state index in [-0.39, 0.29) is 11.6 Å². The summed E-state index contributed by atoms with van der Waals surface area (Å²) in [6.07, 6.45) is 1.93. The molecule has 0 saturated carbocycles. The molecule has 0 aliphatic rings. The number of benzene rings is 1. The Balaban J connectivity index is 2.88. The van der Waals surface area contributed by atoms with Crippen LogP contribution in [0.15, 0.2) is 24.3 Å². The van der Waals surface area contributed by atoms with Crippen LogP contribution in [0.3, 0.4) is 0 Å². The van der Waals surface area contributed by atoms with Gasteiger partial charge >= 0.3 is 0 Å². The van der Waals surface area contributed by atoms with Crippen molar-refractivity contribution in [3.05, 3.63) is 39.9 Å². The molecule has 0 bridgehead atoms. The van der Waals surface area contributed by atoms with Gasteiger partial charge in [0.25, 0.3) is 11.6 Å². The Morgan fingerprint density at radius 2 is 2.16 bits per heavy atom. The van der Waals surface area contributed by atoms with Crippen molar-refractivity contribution in [1.29, 1.82) is 0 Å². The van der Waals surface area contributed by atoms with Gasteiger partial charge in [0.2, 0.25) is 0 Å². The van der Waals surface area contributed by atoms with Gasteiger partial charge in [0.15, 0.2) is 0 Å². The number of nitro groups is 1. The minimum absolute atomic E-state index is 0.0554. The molecule has 104 valence electrons. The van der Waals surface area contributed by atoms with Crippen molar-refractivity contribution in [2.45, 2.75) is 19.8 Å². The quantitative estimate of drug-likeness (QED) is 0.438. The highest BCUT2D eigenvalue weighted by atomic mass is 79.9. The highest BCUT2D eigenvalue weighted by Gasteiger charge is 2.17. The predicted molar refractivity (Wildman–Crippen MR) is 77.7 cm³/mol. The maximum atomic E-state index is 12.3. The SMILES string of the molecule is CCCCN(CCBr)C(=O)c1cccc([N+](=O)[O-])c1. The van der Waals surface area contributed by atoms with Gasteiger partial charge in [-0.1, -0.05) is 35.3 Å². The van der Waals surface area contributed by atoms with Crippen LogP contribution in [0.4, 0.5) is 5.69 Å². The van der Waals surface area contributed by atoms with Gasteiger partial charge in [0, 0.05) is 36.1 Å². The number of halogens is 1. The molecule has 1 aromatic carbocycles. The fraction of sp³-hybridized carbons (Fsp3) is 0.462. The van der Waals surface area contributed by atoms with Crippen LogP contribution in [0.1, 0.15) is 30.1 Å². The minimum atomic E-state index is -0.488. The van der Waals surface area contributed by atoms with Crippen LogP contribution >= 0.6 is 15.9 Å². The van der Waals surface area contributed by atoms with Crippen molar-refractivity contribution in [2.24, 2.45) is 0 Å². The molecule has 6 heteroatoms. The van der Waals surface area contributed by atoms with E-state index in [4.69, 9.17) is 0 Å². The summed E-state index contributed by atoms with van der Waals surface area (Å²) in [4.78, 5) is 24.2. The number of alkyl halides is 1. The molecule has 0 heterocycles. The van der Waals surface area contributed by atoms with E-state index in [0.29, 0.717) is 24.0 Å². The average molecular weight is 329 g/mol. The van der Waals surface area contributed by atoms with E-state index in [0.717, 1.165) is 12.8 Å². The van der Waals surface area contributed by atoms with E-state index >= 15 is 0 Å². The van der Waals surface area contributed by atoms with E-state index in [1.54, 1.807) is 11.0 Å². The molecule has 0 spiro atoms. The number of carbonyl (C=O) groups is 1. The Morgan fingerprint density at radius 1 is 1.42 bits per heavy atom. The molecule has 5 nitrogen and oxygen atoms in total. The molecular formula is C13H17BrN2O3. The third kappa shape index (κ3) is 4.63. The second-order valence-corrected chi connectivity index (χ2v) is 4.94. The maximum Gasteiger partial charge on any atom is 0.270 e. The van der Waals surface area contributed by atoms with Crippen LogP contribution in [-0.2, 0) is 0 Å². The van der Waals surface area contributed by atoms with Crippen molar-refractivity contribution in [3.8, 4) is 0 Å². The van der Waals surface area contributed by atoms with Gasteiger partial charge in [-0.3, -0.25) is 14.9 Å². The maximum absolute atomic E-state index is 12.3. The number of nitrogens with zero attached hydrogens (tertiary/aromatic N) is 2. The summed E-state index contributed by atoms with van der Waals surface area (Å²) >= 11 is 3.32. The second-order valence-electron chi connectivity index (χ2n) is 4.14. The Labute approximate surface area is 120 Å². The molecule has 0 N–H and O–H groups in total. The number of carbonyl (C=O) groups excluding carboxylic acids is 1. The van der Waals surface area contributed by atoms with Crippen LogP contribution in [-0.4, -0.2) is 34.2 Å². The summed E-state index contributed by atoms with van der Waals surface area (Å²) in [5.41, 5.74) is 0.311. The first-order valence-electron chi connectivity index (χ1n) is 6.19. The molecule has 1 rings (SSSR count). The second kappa shape index (κ2) is 7.89. The number of non-ortho nitro benzene ring substituents is 1. The van der Waals surface area contributed by atoms with Gasteiger partial charge in [0.1, 0.15) is 0 Å². The number of rotatable bonds is 7. The summed E-state index contributed by atoms with van der Waals surface area (Å²) in [5, 5.41) is 11.4. The van der Waals surface area contributed by atoms with Gasteiger partial charge in [-0.05, 0) is 12.5 Å². The average Bonchev–Trinajstić information content (AvgIpc) is 2.42. The van der Waals surface area contributed by atoms with Crippen LogP contribution in [0.5, 0.6) is 0 Å². The van der Waals surface area contributed by atoms with E-state index in [9.17, 15) is 14.9 Å². The van der Waals surface area contributed by atoms with Crippen molar-refractivity contribution >= 4 is 27.5 Å². The molecule has 19 heavy (non-hydrogen) atoms. The first-order valence-corrected chi connectivity index (χ1v) is 7.32. The molecule has 0 saturated heterocycles. The van der Waals surface area contributed by atoms with Crippen molar-refractivity contribution < 1.29 is 9.72 Å². The van der Waals surface area contributed by atoms with Crippen molar-refractivity contribution in [2.75, 3.05) is 18.4 Å². The molecule has 0 aliphatic carbocycles. The zero-order chi connectivity index (χ0) is 14.3. The van der Waals surface area contributed by atoms with Gasteiger partial charge in [-0.25, -0.2) is 0 Å². The predicted octanol–water partition coefficient (Wildman–Crippen LogP) is 3.23. The fourth-order valence-corrected chi connectivity index (χ4v) is 2.13. The summed E-state index contributed by atoms with van der Waals surface area (Å²) in [7, 11) is 0. The molecule has 0 atom stereocenters. The summed E-state index contributed by atoms with van der Waals surface area (Å²) in [5.74, 6) is -0.156. The van der Waals surface area contributed by atoms with Crippen molar-refractivity contribution in [3.63, 3.8) is 0 Å². The Bertz CT molecular complexity index is 451. The van der Waals surface area contributed by atoms with Crippen LogP contribution < -0.4 is 0 Å². The summed E-state index contributed by atoms with van der Waals surface area (Å²) < 4.78 is 0. The molecule has 1 aromatic rings. The third-order valence-electron chi connectivity index (χ3n) is 2.73. The van der Waals surface area contributed by atoms with Crippen molar-refractivity contribution in [1.82, 2.24) is 4.90 Å². The normalized spacial score (nSPS) is 10.2. The Hall–Kier alpha value is -1.43. The number of unbranched alkanes of at least 4 members (excludes halogenated alkanes) is 1. The molecular weight excluding hydrogens is 312 g/mol. The van der Waals surface area contributed by atoms with E-state index in [2.05, 4.69) is 22.9 Å². The highest BCUT2D eigenvalue weighted by molar-refractivity contribution is 9.09. The van der Waals surface area contributed by atoms with E-state index in [1.165, 1.54) is 18.2 Å². The number of nitro benzene ring substituents is 1. The Morgan fingerprint density at radius 3 is 2.74 bits per heavy atom. The van der Waals surface area contributed by atoms with Gasteiger partial charge < -0.3 is 4.90 Å². The van der Waals surface area contributed by atoms with Crippen LogP contribution in [0.25, 0.3) is 0 Å². The molecule has 1 amide bonds. The fourth-order valence-electron chi connectivity index (χ4n) is 1.70. The van der Waals surface area contributed by atoms with Gasteiger partial charge in [-0.2, -0.15) is 0 Å². The zero-order valence-electron chi connectivity index (χ0n) is 10.8. The number of amides is 1. The first kappa shape index (κ1) is 15.6. The zero-order valence-corrected chi connectivity index (χ0v) is 12.4. The highest BCUT2D eigenvalue weighted by Crippen LogP contribution is 2.15. The monoisotopic (exact) mass is 328 g/mol. The minimum Gasteiger partial charge on any atom is -0.338 e. The topological polar surface area (TPSA) is 63.5 Å². The third-order valence-corrected chi connectivity index (χ3v) is 3.08. The van der Waals surface area contributed by atoms with Crippen LogP contribution in [0, 0.1) is 10.1 Å². The lowest BCUT2D eigenvalue weighted by molar-refractivity contribution is -0.384. The molecule has 0 radical (unpaired) electrons. The van der Waals surface area contributed by atoms with Crippen LogP contribution in [0.2, 0.25) is 0 Å².